The molecule has 0 bridgehead atoms. The van der Waals surface area contributed by atoms with Crippen molar-refractivity contribution in [2.24, 2.45) is 0 Å². The highest BCUT2D eigenvalue weighted by Gasteiger charge is 2.19. The Morgan fingerprint density at radius 3 is 3.04 bits per heavy atom. The molecule has 2 aromatic heterocycles. The first kappa shape index (κ1) is 18.2. The summed E-state index contributed by atoms with van der Waals surface area (Å²) in [5.41, 5.74) is 2.85. The van der Waals surface area contributed by atoms with Gasteiger partial charge in [-0.25, -0.2) is 4.98 Å². The van der Waals surface area contributed by atoms with Crippen molar-refractivity contribution in [1.82, 2.24) is 4.98 Å². The van der Waals surface area contributed by atoms with Gasteiger partial charge in [0, 0.05) is 29.4 Å². The van der Waals surface area contributed by atoms with E-state index in [4.69, 9.17) is 13.9 Å². The number of ether oxygens (including phenoxy) is 2. The highest BCUT2D eigenvalue weighted by atomic mass is 32.1. The van der Waals surface area contributed by atoms with Gasteiger partial charge in [-0.1, -0.05) is 0 Å². The second kappa shape index (κ2) is 7.82. The number of esters is 1. The molecule has 3 aromatic rings. The normalized spacial score (nSPS) is 14.9. The molecule has 1 aliphatic carbocycles. The predicted molar refractivity (Wildman–Crippen MR) is 104 cm³/mol. The largest absolute Gasteiger partial charge is 0.461 e. The number of rotatable bonds is 6. The Morgan fingerprint density at radius 1 is 1.33 bits per heavy atom. The minimum atomic E-state index is -0.312. The van der Waals surface area contributed by atoms with E-state index in [0.717, 1.165) is 34.6 Å². The Morgan fingerprint density at radius 2 is 2.19 bits per heavy atom. The van der Waals surface area contributed by atoms with Crippen molar-refractivity contribution in [3.05, 3.63) is 45.6 Å². The molecule has 1 atom stereocenters. The number of fused-ring (bicyclic) bond motifs is 3. The van der Waals surface area contributed by atoms with Crippen molar-refractivity contribution >= 4 is 28.3 Å². The fraction of sp³-hybridized carbons (Fsp3) is 0.429. The predicted octanol–water partition coefficient (Wildman–Crippen LogP) is 5.01. The molecule has 0 spiro atoms. The number of nitrogens with zero attached hydrogens (tertiary/aromatic N) is 1. The van der Waals surface area contributed by atoms with Gasteiger partial charge in [-0.2, -0.15) is 0 Å². The summed E-state index contributed by atoms with van der Waals surface area (Å²) in [5, 5.41) is 3.84. The number of carbonyl (C=O) groups excluding carboxylic acids is 1. The number of benzene rings is 1. The molecule has 1 aromatic carbocycles. The second-order valence-corrected chi connectivity index (χ2v) is 7.68. The van der Waals surface area contributed by atoms with Gasteiger partial charge in [-0.05, 0) is 51.3 Å². The summed E-state index contributed by atoms with van der Waals surface area (Å²) in [6, 6.07) is 5.60. The smallest absolute Gasteiger partial charge is 0.317 e. The van der Waals surface area contributed by atoms with Crippen LogP contribution in [0.5, 0.6) is 5.75 Å². The van der Waals surface area contributed by atoms with Crippen molar-refractivity contribution in [3.63, 3.8) is 0 Å². The molecule has 6 heteroatoms. The Bertz CT molecular complexity index is 958. The molecule has 1 unspecified atom stereocenters. The molecule has 0 N–H and O–H groups in total. The van der Waals surface area contributed by atoms with E-state index in [9.17, 15) is 4.79 Å². The number of aryl methyl sites for hydroxylation is 2. The zero-order chi connectivity index (χ0) is 18.8. The Hall–Kier alpha value is -2.18. The molecule has 5 nitrogen and oxygen atoms in total. The molecule has 142 valence electrons. The lowest BCUT2D eigenvalue weighted by atomic mass is 9.96. The van der Waals surface area contributed by atoms with Crippen LogP contribution >= 0.6 is 11.3 Å². The first-order chi connectivity index (χ1) is 13.1. The maximum atomic E-state index is 12.3. The average Bonchev–Trinajstić information content (AvgIpc) is 3.26. The first-order valence-corrected chi connectivity index (χ1v) is 10.3. The topological polar surface area (TPSA) is 61.6 Å². The van der Waals surface area contributed by atoms with Gasteiger partial charge in [0.05, 0.1) is 12.1 Å². The number of hydrogen-bond donors (Lipinski definition) is 0. The van der Waals surface area contributed by atoms with Crippen LogP contribution in [-0.2, 0) is 28.8 Å². The third-order valence-electron chi connectivity index (χ3n) is 4.82. The van der Waals surface area contributed by atoms with Crippen LogP contribution in [0, 0.1) is 0 Å². The molecular formula is C21H23NO4S. The lowest BCUT2D eigenvalue weighted by Crippen LogP contribution is -2.11. The Labute approximate surface area is 162 Å². The van der Waals surface area contributed by atoms with Crippen molar-refractivity contribution < 1.29 is 18.7 Å². The van der Waals surface area contributed by atoms with Crippen LogP contribution in [0.15, 0.2) is 28.0 Å². The molecule has 0 saturated carbocycles. The molecule has 2 heterocycles. The number of furan rings is 1. The summed E-state index contributed by atoms with van der Waals surface area (Å²) in [5.74, 6) is 1.32. The van der Waals surface area contributed by atoms with E-state index in [1.807, 2.05) is 31.4 Å². The Balaban J connectivity index is 1.45. The summed E-state index contributed by atoms with van der Waals surface area (Å²) < 4.78 is 17.0. The van der Waals surface area contributed by atoms with Gasteiger partial charge >= 0.3 is 5.97 Å². The third kappa shape index (κ3) is 3.92. The summed E-state index contributed by atoms with van der Waals surface area (Å²) in [6.45, 7) is 4.56. The van der Waals surface area contributed by atoms with Gasteiger partial charge in [0.15, 0.2) is 0 Å². The third-order valence-corrected chi connectivity index (χ3v) is 5.87. The minimum absolute atomic E-state index is 0.0561. The van der Waals surface area contributed by atoms with Gasteiger partial charge in [-0.15, -0.1) is 11.3 Å². The van der Waals surface area contributed by atoms with E-state index in [-0.39, 0.29) is 18.5 Å². The van der Waals surface area contributed by atoms with E-state index >= 15 is 0 Å². The van der Waals surface area contributed by atoms with Crippen molar-refractivity contribution in [2.75, 3.05) is 6.61 Å². The molecule has 0 fully saturated rings. The fourth-order valence-corrected chi connectivity index (χ4v) is 4.36. The molecular weight excluding hydrogens is 362 g/mol. The van der Waals surface area contributed by atoms with E-state index in [2.05, 4.69) is 4.98 Å². The van der Waals surface area contributed by atoms with E-state index in [1.54, 1.807) is 6.07 Å². The highest BCUT2D eigenvalue weighted by Crippen LogP contribution is 2.34. The molecule has 0 aliphatic heterocycles. The fourth-order valence-electron chi connectivity index (χ4n) is 3.53. The van der Waals surface area contributed by atoms with Gasteiger partial charge in [0.1, 0.15) is 28.2 Å². The summed E-state index contributed by atoms with van der Waals surface area (Å²) in [4.78, 5) is 16.8. The SMILES string of the molecule is CCOC(C)c1nc(CC(=O)Oc2ccc3oc4c(c3c2)CCCC4)cs1. The van der Waals surface area contributed by atoms with Crippen molar-refractivity contribution in [3.8, 4) is 5.75 Å². The van der Waals surface area contributed by atoms with Crippen LogP contribution in [0.3, 0.4) is 0 Å². The summed E-state index contributed by atoms with van der Waals surface area (Å²) in [6.07, 6.45) is 4.46. The van der Waals surface area contributed by atoms with E-state index in [1.165, 1.54) is 29.7 Å². The molecule has 1 aliphatic rings. The number of hydrogen-bond acceptors (Lipinski definition) is 6. The van der Waals surface area contributed by atoms with E-state index in [0.29, 0.717) is 18.1 Å². The zero-order valence-electron chi connectivity index (χ0n) is 15.6. The van der Waals surface area contributed by atoms with Crippen LogP contribution in [0.1, 0.15) is 54.8 Å². The Kier molecular flexibility index (Phi) is 5.27. The van der Waals surface area contributed by atoms with Crippen LogP contribution in [0.25, 0.3) is 11.0 Å². The van der Waals surface area contributed by atoms with Crippen molar-refractivity contribution in [1.29, 1.82) is 0 Å². The maximum Gasteiger partial charge on any atom is 0.317 e. The van der Waals surface area contributed by atoms with Gasteiger partial charge in [-0.3, -0.25) is 4.79 Å². The van der Waals surface area contributed by atoms with Gasteiger partial charge in [0.2, 0.25) is 0 Å². The minimum Gasteiger partial charge on any atom is -0.461 e. The summed E-state index contributed by atoms with van der Waals surface area (Å²) in [7, 11) is 0. The molecule has 0 radical (unpaired) electrons. The monoisotopic (exact) mass is 385 g/mol. The maximum absolute atomic E-state index is 12.3. The number of thiazole rings is 1. The van der Waals surface area contributed by atoms with Gasteiger partial charge in [0.25, 0.3) is 0 Å². The van der Waals surface area contributed by atoms with Crippen LogP contribution in [-0.4, -0.2) is 17.6 Å². The number of aromatic nitrogens is 1. The average molecular weight is 385 g/mol. The van der Waals surface area contributed by atoms with Crippen molar-refractivity contribution in [2.45, 2.75) is 52.1 Å². The van der Waals surface area contributed by atoms with Gasteiger partial charge < -0.3 is 13.9 Å². The lowest BCUT2D eigenvalue weighted by Gasteiger charge is -2.09. The zero-order valence-corrected chi connectivity index (χ0v) is 16.4. The van der Waals surface area contributed by atoms with Crippen LogP contribution < -0.4 is 4.74 Å². The molecule has 4 rings (SSSR count). The molecule has 0 amide bonds. The number of carbonyl (C=O) groups is 1. The molecule has 27 heavy (non-hydrogen) atoms. The van der Waals surface area contributed by atoms with E-state index < -0.39 is 0 Å². The second-order valence-electron chi connectivity index (χ2n) is 6.79. The lowest BCUT2D eigenvalue weighted by molar-refractivity contribution is -0.133. The first-order valence-electron chi connectivity index (χ1n) is 9.45. The summed E-state index contributed by atoms with van der Waals surface area (Å²) >= 11 is 1.51. The quantitative estimate of drug-likeness (QED) is 0.441. The standard InChI is InChI=1S/C21H23NO4S/c1-3-24-13(2)21-22-14(12-27-21)10-20(23)25-15-8-9-19-17(11-15)16-6-4-5-7-18(16)26-19/h8-9,11-13H,3-7,10H2,1-2H3. The molecule has 0 saturated heterocycles. The van der Waals surface area contributed by atoms with Crippen LogP contribution in [0.4, 0.5) is 0 Å². The highest BCUT2D eigenvalue weighted by molar-refractivity contribution is 7.09. The van der Waals surface area contributed by atoms with Crippen LogP contribution in [0.2, 0.25) is 0 Å².